The lowest BCUT2D eigenvalue weighted by Crippen LogP contribution is -2.32. The molecule has 8 heteroatoms. The van der Waals surface area contributed by atoms with E-state index in [0.29, 0.717) is 49.8 Å². The summed E-state index contributed by atoms with van der Waals surface area (Å²) in [6.07, 6.45) is 12.1. The smallest absolute Gasteiger partial charge is 0.290 e. The molecule has 0 fully saturated rings. The molecule has 210 valence electrons. The minimum atomic E-state index is -0.767. The first-order chi connectivity index (χ1) is 19.5. The molecule has 1 aliphatic rings. The van der Waals surface area contributed by atoms with Gasteiger partial charge in [-0.25, -0.2) is 4.98 Å². The molecule has 0 aliphatic carbocycles. The number of amides is 1. The second-order valence-electron chi connectivity index (χ2n) is 9.62. The Morgan fingerprint density at radius 1 is 1.02 bits per heavy atom. The maximum absolute atomic E-state index is 13.5. The first-order valence-electron chi connectivity index (χ1n) is 13.9. The number of carbonyl (C=O) groups is 2. The first-order valence-corrected chi connectivity index (χ1v) is 13.9. The van der Waals surface area contributed by atoms with Crippen LogP contribution in [0.15, 0.2) is 84.7 Å². The van der Waals surface area contributed by atoms with Crippen molar-refractivity contribution >= 4 is 17.8 Å². The van der Waals surface area contributed by atoms with Gasteiger partial charge in [0.2, 0.25) is 0 Å². The van der Waals surface area contributed by atoms with E-state index >= 15 is 0 Å². The summed E-state index contributed by atoms with van der Waals surface area (Å²) >= 11 is 0. The van der Waals surface area contributed by atoms with Crippen LogP contribution < -0.4 is 9.47 Å². The maximum atomic E-state index is 13.5. The molecule has 0 saturated carbocycles. The topological polar surface area (TPSA) is 93.9 Å². The Hall–Kier alpha value is -4.33. The molecule has 1 unspecified atom stereocenters. The van der Waals surface area contributed by atoms with Crippen LogP contribution in [0.2, 0.25) is 0 Å². The fourth-order valence-corrected chi connectivity index (χ4v) is 4.77. The van der Waals surface area contributed by atoms with Crippen LogP contribution in [-0.2, 0) is 16.1 Å². The first kappa shape index (κ1) is 28.7. The monoisotopic (exact) mass is 543 g/mol. The number of rotatable bonds is 15. The van der Waals surface area contributed by atoms with Gasteiger partial charge in [-0.05, 0) is 49.1 Å². The Morgan fingerprint density at radius 2 is 1.85 bits per heavy atom. The predicted octanol–water partition coefficient (Wildman–Crippen LogP) is 5.92. The zero-order valence-corrected chi connectivity index (χ0v) is 23.2. The average Bonchev–Trinajstić information content (AvgIpc) is 3.58. The van der Waals surface area contributed by atoms with Crippen LogP contribution in [0.4, 0.5) is 0 Å². The van der Waals surface area contributed by atoms with Crippen LogP contribution in [0, 0.1) is 0 Å². The number of ether oxygens (including phenoxy) is 2. The Labute approximate surface area is 235 Å². The highest BCUT2D eigenvalue weighted by Crippen LogP contribution is 2.41. The van der Waals surface area contributed by atoms with E-state index in [1.807, 2.05) is 66.2 Å². The second kappa shape index (κ2) is 14.2. The third-order valence-electron chi connectivity index (χ3n) is 6.76. The number of allylic oxidation sites excluding steroid dienone is 1. The normalized spacial score (nSPS) is 15.3. The van der Waals surface area contributed by atoms with Crippen LogP contribution >= 0.6 is 0 Å². The van der Waals surface area contributed by atoms with Crippen molar-refractivity contribution in [3.8, 4) is 11.5 Å². The van der Waals surface area contributed by atoms with Crippen molar-refractivity contribution in [1.82, 2.24) is 14.5 Å². The highest BCUT2D eigenvalue weighted by atomic mass is 16.5. The molecule has 1 aliphatic heterocycles. The van der Waals surface area contributed by atoms with Gasteiger partial charge in [-0.15, -0.1) is 0 Å². The van der Waals surface area contributed by atoms with Crippen molar-refractivity contribution in [2.75, 3.05) is 19.8 Å². The van der Waals surface area contributed by atoms with Gasteiger partial charge in [0.1, 0.15) is 0 Å². The van der Waals surface area contributed by atoms with E-state index < -0.39 is 23.5 Å². The summed E-state index contributed by atoms with van der Waals surface area (Å²) in [5.41, 5.74) is 1.57. The Balaban J connectivity index is 1.65. The lowest BCUT2D eigenvalue weighted by molar-refractivity contribution is -0.129. The van der Waals surface area contributed by atoms with Gasteiger partial charge < -0.3 is 24.0 Å². The summed E-state index contributed by atoms with van der Waals surface area (Å²) in [6, 6.07) is 14.1. The van der Waals surface area contributed by atoms with Crippen molar-refractivity contribution in [2.45, 2.75) is 52.1 Å². The molecule has 1 amide bonds. The highest BCUT2D eigenvalue weighted by Gasteiger charge is 2.42. The predicted molar refractivity (Wildman–Crippen MR) is 154 cm³/mol. The number of aryl methyl sites for hydroxylation is 1. The van der Waals surface area contributed by atoms with E-state index in [1.165, 1.54) is 6.08 Å². The molecule has 1 atom stereocenters. The Kier molecular flexibility index (Phi) is 10.2. The molecule has 1 N–H and O–H groups in total. The van der Waals surface area contributed by atoms with Gasteiger partial charge in [-0.1, -0.05) is 62.2 Å². The molecule has 40 heavy (non-hydrogen) atoms. The van der Waals surface area contributed by atoms with Crippen molar-refractivity contribution in [3.63, 3.8) is 0 Å². The largest absolute Gasteiger partial charge is 0.503 e. The number of unbranched alkanes of at least 4 members (excludes halogenated alkanes) is 2. The molecule has 2 heterocycles. The van der Waals surface area contributed by atoms with Gasteiger partial charge in [0.05, 0.1) is 31.2 Å². The third-order valence-corrected chi connectivity index (χ3v) is 6.76. The summed E-state index contributed by atoms with van der Waals surface area (Å²) < 4.78 is 13.8. The maximum Gasteiger partial charge on any atom is 0.290 e. The zero-order valence-electron chi connectivity index (χ0n) is 23.2. The van der Waals surface area contributed by atoms with Gasteiger partial charge in [0, 0.05) is 25.5 Å². The van der Waals surface area contributed by atoms with Gasteiger partial charge in [0.15, 0.2) is 23.0 Å². The number of nitrogens with zero attached hydrogens (tertiary/aromatic N) is 3. The van der Waals surface area contributed by atoms with E-state index in [-0.39, 0.29) is 5.57 Å². The molecule has 3 aromatic rings. The Morgan fingerprint density at radius 3 is 2.58 bits per heavy atom. The van der Waals surface area contributed by atoms with Crippen molar-refractivity contribution in [2.24, 2.45) is 0 Å². The lowest BCUT2D eigenvalue weighted by atomic mass is 9.95. The molecular formula is C32H37N3O5. The fourth-order valence-electron chi connectivity index (χ4n) is 4.77. The van der Waals surface area contributed by atoms with Crippen LogP contribution in [0.5, 0.6) is 11.5 Å². The average molecular weight is 544 g/mol. The molecule has 8 nitrogen and oxygen atoms in total. The lowest BCUT2D eigenvalue weighted by Gasteiger charge is -2.27. The standard InChI is InChI=1S/C32H37N3O5/c1-3-5-9-21-40-27-16-14-25(22-28(27)39-4-2)30-29(26(36)15-13-24-11-7-6-8-12-24)31(37)32(38)35(30)19-10-18-34-20-17-33-23-34/h6-8,11-17,20,22-23,30,37H,3-5,9-10,18-19,21H2,1-2H3. The number of ketones is 1. The van der Waals surface area contributed by atoms with Gasteiger partial charge in [-0.3, -0.25) is 9.59 Å². The van der Waals surface area contributed by atoms with Gasteiger partial charge in [0.25, 0.3) is 5.91 Å². The minimum absolute atomic E-state index is 0.0545. The van der Waals surface area contributed by atoms with E-state index in [1.54, 1.807) is 23.5 Å². The number of aromatic nitrogens is 2. The third kappa shape index (κ3) is 7.00. The van der Waals surface area contributed by atoms with E-state index in [9.17, 15) is 14.7 Å². The van der Waals surface area contributed by atoms with Crippen LogP contribution in [0.3, 0.4) is 0 Å². The molecule has 2 aromatic carbocycles. The van der Waals surface area contributed by atoms with Crippen LogP contribution in [0.1, 0.15) is 56.7 Å². The molecule has 0 saturated heterocycles. The van der Waals surface area contributed by atoms with Crippen molar-refractivity contribution in [1.29, 1.82) is 0 Å². The molecule has 1 aromatic heterocycles. The summed E-state index contributed by atoms with van der Waals surface area (Å²) in [6.45, 7) is 6.02. The zero-order chi connectivity index (χ0) is 28.3. The quantitative estimate of drug-likeness (QED) is 0.189. The van der Waals surface area contributed by atoms with Gasteiger partial charge >= 0.3 is 0 Å². The fraction of sp³-hybridized carbons (Fsp3) is 0.344. The number of imidazole rings is 1. The molecule has 0 bridgehead atoms. The van der Waals surface area contributed by atoms with Crippen LogP contribution in [0.25, 0.3) is 6.08 Å². The number of benzene rings is 2. The summed E-state index contributed by atoms with van der Waals surface area (Å²) in [4.78, 5) is 32.4. The number of hydrogen-bond donors (Lipinski definition) is 1. The van der Waals surface area contributed by atoms with Crippen molar-refractivity contribution in [3.05, 3.63) is 95.8 Å². The number of carbonyl (C=O) groups excluding carboxylic acids is 2. The summed E-state index contributed by atoms with van der Waals surface area (Å²) in [5.74, 6) is -0.351. The van der Waals surface area contributed by atoms with Crippen molar-refractivity contribution < 1.29 is 24.2 Å². The van der Waals surface area contributed by atoms with Crippen LogP contribution in [-0.4, -0.2) is 51.0 Å². The highest BCUT2D eigenvalue weighted by molar-refractivity contribution is 6.14. The minimum Gasteiger partial charge on any atom is -0.503 e. The molecular weight excluding hydrogens is 506 g/mol. The SMILES string of the molecule is CCCCCOc1ccc(C2C(C(=O)C=Cc3ccccc3)=C(O)C(=O)N2CCCn2ccnc2)cc1OCC. The molecule has 4 rings (SSSR count). The van der Waals surface area contributed by atoms with E-state index in [4.69, 9.17) is 9.47 Å². The molecule has 0 radical (unpaired) electrons. The number of hydrogen-bond acceptors (Lipinski definition) is 6. The number of aliphatic hydroxyl groups excluding tert-OH is 1. The number of aliphatic hydroxyl groups is 1. The summed E-state index contributed by atoms with van der Waals surface area (Å²) in [5, 5.41) is 11.0. The Bertz CT molecular complexity index is 1330. The summed E-state index contributed by atoms with van der Waals surface area (Å²) in [7, 11) is 0. The van der Waals surface area contributed by atoms with E-state index in [2.05, 4.69) is 11.9 Å². The van der Waals surface area contributed by atoms with Gasteiger partial charge in [-0.2, -0.15) is 0 Å². The van der Waals surface area contributed by atoms with E-state index in [0.717, 1.165) is 24.8 Å². The second-order valence-corrected chi connectivity index (χ2v) is 9.62. The molecule has 0 spiro atoms.